The van der Waals surface area contributed by atoms with Gasteiger partial charge in [0.25, 0.3) is 12.9 Å². The average Bonchev–Trinajstić information content (AvgIpc) is 2.67. The first-order chi connectivity index (χ1) is 13.3. The summed E-state index contributed by atoms with van der Waals surface area (Å²) in [6.45, 7) is 2.88. The fourth-order valence-corrected chi connectivity index (χ4v) is 3.93. The Morgan fingerprint density at radius 3 is 1.68 bits per heavy atom. The zero-order valence-electron chi connectivity index (χ0n) is 15.9. The van der Waals surface area contributed by atoms with Crippen LogP contribution >= 0.6 is 0 Å². The molecule has 0 saturated heterocycles. The fourth-order valence-electron chi connectivity index (χ4n) is 3.93. The predicted molar refractivity (Wildman–Crippen MR) is 92.5 cm³/mol. The van der Waals surface area contributed by atoms with Crippen molar-refractivity contribution in [2.75, 3.05) is 13.2 Å². The van der Waals surface area contributed by atoms with Crippen LogP contribution in [0.5, 0.6) is 0 Å². The molecular formula is C19H25F4NO4. The van der Waals surface area contributed by atoms with Crippen molar-refractivity contribution in [2.24, 2.45) is 11.8 Å². The number of ether oxygens (including phenoxy) is 2. The second kappa shape index (κ2) is 9.93. The number of carbonyl (C=O) groups excluding carboxylic acids is 2. The van der Waals surface area contributed by atoms with E-state index in [1.807, 2.05) is 5.32 Å². The summed E-state index contributed by atoms with van der Waals surface area (Å²) in [4.78, 5) is 25.1. The van der Waals surface area contributed by atoms with Crippen molar-refractivity contribution in [1.82, 2.24) is 5.32 Å². The summed E-state index contributed by atoms with van der Waals surface area (Å²) in [5, 5.41) is 1.96. The molecule has 0 aromatic rings. The van der Waals surface area contributed by atoms with Gasteiger partial charge >= 0.3 is 11.9 Å². The lowest BCUT2D eigenvalue weighted by Gasteiger charge is -2.37. The molecule has 2 rings (SSSR count). The van der Waals surface area contributed by atoms with Crippen LogP contribution in [0.1, 0.15) is 46.0 Å². The molecule has 1 saturated carbocycles. The van der Waals surface area contributed by atoms with Gasteiger partial charge in [-0.3, -0.25) is 0 Å². The number of dihydropyridines is 1. The van der Waals surface area contributed by atoms with E-state index in [0.29, 0.717) is 12.8 Å². The van der Waals surface area contributed by atoms with Crippen molar-refractivity contribution in [3.05, 3.63) is 22.5 Å². The number of alkyl halides is 4. The van der Waals surface area contributed by atoms with Gasteiger partial charge in [0.1, 0.15) is 0 Å². The Morgan fingerprint density at radius 1 is 0.893 bits per heavy atom. The summed E-state index contributed by atoms with van der Waals surface area (Å²) in [5.41, 5.74) is -2.73. The molecular weight excluding hydrogens is 382 g/mol. The third-order valence-electron chi connectivity index (χ3n) is 5.02. The predicted octanol–water partition coefficient (Wildman–Crippen LogP) is 3.95. The van der Waals surface area contributed by atoms with E-state index in [9.17, 15) is 27.2 Å². The SMILES string of the molecule is CCOC(=O)C1=C(C(F)F)NC(C(F)F)=C(C(=O)OCC)C1C1CCCCC1. The third kappa shape index (κ3) is 4.67. The van der Waals surface area contributed by atoms with Gasteiger partial charge < -0.3 is 14.8 Å². The number of halogens is 4. The Morgan fingerprint density at radius 2 is 1.32 bits per heavy atom. The first-order valence-electron chi connectivity index (χ1n) is 9.49. The lowest BCUT2D eigenvalue weighted by atomic mass is 9.70. The topological polar surface area (TPSA) is 64.6 Å². The summed E-state index contributed by atoms with van der Waals surface area (Å²) >= 11 is 0. The highest BCUT2D eigenvalue weighted by atomic mass is 19.3. The summed E-state index contributed by atoms with van der Waals surface area (Å²) in [6.07, 6.45) is -2.91. The molecule has 5 nitrogen and oxygen atoms in total. The second-order valence-electron chi connectivity index (χ2n) is 6.70. The molecule has 28 heavy (non-hydrogen) atoms. The number of hydrogen-bond acceptors (Lipinski definition) is 5. The van der Waals surface area contributed by atoms with Gasteiger partial charge in [0.2, 0.25) is 0 Å². The molecule has 0 bridgehead atoms. The van der Waals surface area contributed by atoms with E-state index in [1.54, 1.807) is 0 Å². The molecule has 2 aliphatic rings. The minimum atomic E-state index is -3.21. The zero-order chi connectivity index (χ0) is 20.8. The smallest absolute Gasteiger partial charge is 0.336 e. The second-order valence-corrected chi connectivity index (χ2v) is 6.70. The van der Waals surface area contributed by atoms with Crippen molar-refractivity contribution in [1.29, 1.82) is 0 Å². The molecule has 158 valence electrons. The minimum Gasteiger partial charge on any atom is -0.463 e. The number of carbonyl (C=O) groups is 2. The van der Waals surface area contributed by atoms with E-state index in [4.69, 9.17) is 9.47 Å². The van der Waals surface area contributed by atoms with Crippen molar-refractivity contribution >= 4 is 11.9 Å². The van der Waals surface area contributed by atoms with Crippen LogP contribution in [0.15, 0.2) is 22.5 Å². The summed E-state index contributed by atoms with van der Waals surface area (Å²) in [7, 11) is 0. The van der Waals surface area contributed by atoms with Gasteiger partial charge in [-0.25, -0.2) is 27.2 Å². The van der Waals surface area contributed by atoms with E-state index < -0.39 is 59.2 Å². The Balaban J connectivity index is 2.67. The monoisotopic (exact) mass is 407 g/mol. The molecule has 1 aliphatic heterocycles. The highest BCUT2D eigenvalue weighted by molar-refractivity contribution is 5.98. The van der Waals surface area contributed by atoms with Gasteiger partial charge in [-0.05, 0) is 32.6 Å². The van der Waals surface area contributed by atoms with Gasteiger partial charge in [0.05, 0.1) is 35.8 Å². The molecule has 0 radical (unpaired) electrons. The van der Waals surface area contributed by atoms with Crippen LogP contribution in [0.4, 0.5) is 17.6 Å². The Bertz CT molecular complexity index is 608. The average molecular weight is 407 g/mol. The largest absolute Gasteiger partial charge is 0.463 e. The lowest BCUT2D eigenvalue weighted by Crippen LogP contribution is -2.42. The molecule has 1 fully saturated rings. The normalized spacial score (nSPS) is 19.3. The Hall–Kier alpha value is -2.06. The van der Waals surface area contributed by atoms with Crippen molar-refractivity contribution in [2.45, 2.75) is 58.8 Å². The van der Waals surface area contributed by atoms with E-state index in [2.05, 4.69) is 0 Å². The van der Waals surface area contributed by atoms with Crippen LogP contribution in [-0.2, 0) is 19.1 Å². The first-order valence-corrected chi connectivity index (χ1v) is 9.49. The van der Waals surface area contributed by atoms with E-state index in [0.717, 1.165) is 19.3 Å². The lowest BCUT2D eigenvalue weighted by molar-refractivity contribution is -0.141. The van der Waals surface area contributed by atoms with Crippen LogP contribution in [-0.4, -0.2) is 38.0 Å². The van der Waals surface area contributed by atoms with Crippen LogP contribution in [0, 0.1) is 11.8 Å². The van der Waals surface area contributed by atoms with Crippen molar-refractivity contribution < 1.29 is 36.6 Å². The highest BCUT2D eigenvalue weighted by Gasteiger charge is 2.46. The zero-order valence-corrected chi connectivity index (χ0v) is 15.9. The maximum absolute atomic E-state index is 13.7. The van der Waals surface area contributed by atoms with Gasteiger partial charge in [0.15, 0.2) is 0 Å². The summed E-state index contributed by atoms with van der Waals surface area (Å²) in [6, 6.07) is 0. The van der Waals surface area contributed by atoms with Gasteiger partial charge in [-0.2, -0.15) is 0 Å². The van der Waals surface area contributed by atoms with Gasteiger partial charge in [-0.15, -0.1) is 0 Å². The van der Waals surface area contributed by atoms with Crippen molar-refractivity contribution in [3.63, 3.8) is 0 Å². The molecule has 0 aromatic heterocycles. The molecule has 0 aromatic carbocycles. The Kier molecular flexibility index (Phi) is 7.88. The van der Waals surface area contributed by atoms with Crippen molar-refractivity contribution in [3.8, 4) is 0 Å². The van der Waals surface area contributed by atoms with E-state index in [-0.39, 0.29) is 13.2 Å². The Labute approximate surface area is 161 Å². The maximum atomic E-state index is 13.7. The number of rotatable bonds is 7. The standard InChI is InChI=1S/C19H25F4NO4/c1-3-27-18(25)12-11(10-8-6-5-7-9-10)13(19(26)28-4-2)15(17(22)23)24-14(12)16(20)21/h10-11,16-17,24H,3-9H2,1-2H3. The van der Waals surface area contributed by atoms with Gasteiger partial charge in [-0.1, -0.05) is 19.3 Å². The number of nitrogens with one attached hydrogen (secondary N) is 1. The van der Waals surface area contributed by atoms with Gasteiger partial charge in [0, 0.05) is 5.92 Å². The third-order valence-corrected chi connectivity index (χ3v) is 5.02. The molecule has 1 N–H and O–H groups in total. The van der Waals surface area contributed by atoms with Crippen LogP contribution in [0.3, 0.4) is 0 Å². The number of esters is 2. The van der Waals surface area contributed by atoms with E-state index in [1.165, 1.54) is 13.8 Å². The van der Waals surface area contributed by atoms with Crippen LogP contribution < -0.4 is 5.32 Å². The molecule has 0 amide bonds. The summed E-state index contributed by atoms with van der Waals surface area (Å²) in [5.74, 6) is -3.68. The molecule has 1 aliphatic carbocycles. The van der Waals surface area contributed by atoms with Crippen LogP contribution in [0.2, 0.25) is 0 Å². The molecule has 9 heteroatoms. The fraction of sp³-hybridized carbons (Fsp3) is 0.684. The van der Waals surface area contributed by atoms with E-state index >= 15 is 0 Å². The summed E-state index contributed by atoms with van der Waals surface area (Å²) < 4.78 is 64.7. The molecule has 1 heterocycles. The molecule has 0 unspecified atom stereocenters. The molecule has 0 spiro atoms. The first kappa shape index (κ1) is 22.2. The minimum absolute atomic E-state index is 0.0730. The van der Waals surface area contributed by atoms with Crippen LogP contribution in [0.25, 0.3) is 0 Å². The maximum Gasteiger partial charge on any atom is 0.336 e. The number of allylic oxidation sites excluding steroid dienone is 2. The molecule has 0 atom stereocenters. The number of hydrogen-bond donors (Lipinski definition) is 1. The highest BCUT2D eigenvalue weighted by Crippen LogP contribution is 2.44. The quantitative estimate of drug-likeness (QED) is 0.511.